The van der Waals surface area contributed by atoms with E-state index in [-0.39, 0.29) is 11.7 Å². The van der Waals surface area contributed by atoms with Crippen LogP contribution in [0.2, 0.25) is 0 Å². The molecule has 1 fully saturated rings. The summed E-state index contributed by atoms with van der Waals surface area (Å²) >= 11 is 0. The Balaban J connectivity index is 1.64. The molecular formula is C22H28N2O3S. The number of aryl methyl sites for hydroxylation is 1. The van der Waals surface area contributed by atoms with E-state index in [4.69, 9.17) is 0 Å². The van der Waals surface area contributed by atoms with Crippen molar-refractivity contribution < 1.29 is 13.2 Å². The van der Waals surface area contributed by atoms with E-state index < -0.39 is 9.84 Å². The zero-order chi connectivity index (χ0) is 20.1. The summed E-state index contributed by atoms with van der Waals surface area (Å²) in [6.07, 6.45) is 2.14. The molecule has 2 aromatic carbocycles. The first-order valence-electron chi connectivity index (χ1n) is 9.64. The minimum atomic E-state index is -3.12. The molecule has 0 saturated carbocycles. The molecule has 1 aliphatic heterocycles. The van der Waals surface area contributed by atoms with Gasteiger partial charge in [-0.15, -0.1) is 0 Å². The highest BCUT2D eigenvalue weighted by molar-refractivity contribution is 7.89. The quantitative estimate of drug-likeness (QED) is 0.774. The van der Waals surface area contributed by atoms with Gasteiger partial charge in [0.05, 0.1) is 5.75 Å². The summed E-state index contributed by atoms with van der Waals surface area (Å²) in [6.45, 7) is 6.24. The van der Waals surface area contributed by atoms with Gasteiger partial charge in [0, 0.05) is 44.5 Å². The molecule has 150 valence electrons. The maximum Gasteiger partial charge on any atom is 0.253 e. The highest BCUT2D eigenvalue weighted by atomic mass is 32.2. The van der Waals surface area contributed by atoms with Crippen LogP contribution in [0.1, 0.15) is 33.5 Å². The average Bonchev–Trinajstić information content (AvgIpc) is 2.87. The Labute approximate surface area is 167 Å². The first kappa shape index (κ1) is 20.6. The zero-order valence-electron chi connectivity index (χ0n) is 16.6. The van der Waals surface area contributed by atoms with Crippen LogP contribution in [-0.4, -0.2) is 56.6 Å². The number of amides is 1. The summed E-state index contributed by atoms with van der Waals surface area (Å²) in [4.78, 5) is 17.2. The molecule has 0 N–H and O–H groups in total. The molecule has 1 amide bonds. The van der Waals surface area contributed by atoms with Crippen LogP contribution in [0.15, 0.2) is 48.5 Å². The number of hydrogen-bond acceptors (Lipinski definition) is 4. The Hall–Kier alpha value is -2.18. The third kappa shape index (κ3) is 5.66. The van der Waals surface area contributed by atoms with Crippen molar-refractivity contribution in [3.05, 3.63) is 70.8 Å². The topological polar surface area (TPSA) is 57.7 Å². The minimum absolute atomic E-state index is 0.0203. The fraction of sp³-hybridized carbons (Fsp3) is 0.409. The molecule has 3 rings (SSSR count). The van der Waals surface area contributed by atoms with Crippen LogP contribution in [0.25, 0.3) is 0 Å². The third-order valence-electron chi connectivity index (χ3n) is 5.13. The van der Waals surface area contributed by atoms with Crippen LogP contribution in [0.5, 0.6) is 0 Å². The van der Waals surface area contributed by atoms with Crippen molar-refractivity contribution in [2.45, 2.75) is 25.6 Å². The highest BCUT2D eigenvalue weighted by Crippen LogP contribution is 2.15. The molecule has 1 saturated heterocycles. The number of carbonyl (C=O) groups is 1. The van der Waals surface area contributed by atoms with Crippen molar-refractivity contribution in [2.24, 2.45) is 0 Å². The van der Waals surface area contributed by atoms with Gasteiger partial charge < -0.3 is 4.90 Å². The standard InChI is InChI=1S/C22H28N2O3S/c1-18-7-3-4-9-21(18)16-23-11-6-12-24(14-13-23)22(25)20-10-5-8-19(15-20)17-28(2,26)27/h3-5,7-10,15H,6,11-14,16-17H2,1-2H3. The molecule has 1 heterocycles. The van der Waals surface area contributed by atoms with E-state index in [2.05, 4.69) is 36.1 Å². The second-order valence-electron chi connectivity index (χ2n) is 7.62. The van der Waals surface area contributed by atoms with E-state index in [9.17, 15) is 13.2 Å². The van der Waals surface area contributed by atoms with E-state index in [1.54, 1.807) is 24.3 Å². The Morgan fingerprint density at radius 2 is 1.79 bits per heavy atom. The second-order valence-corrected chi connectivity index (χ2v) is 9.76. The lowest BCUT2D eigenvalue weighted by Crippen LogP contribution is -2.35. The number of carbonyl (C=O) groups excluding carboxylic acids is 1. The maximum atomic E-state index is 12.9. The summed E-state index contributed by atoms with van der Waals surface area (Å²) in [5, 5.41) is 0. The van der Waals surface area contributed by atoms with Crippen LogP contribution in [0, 0.1) is 6.92 Å². The molecule has 0 spiro atoms. The number of hydrogen-bond donors (Lipinski definition) is 0. The first-order chi connectivity index (χ1) is 13.3. The highest BCUT2D eigenvalue weighted by Gasteiger charge is 2.21. The van der Waals surface area contributed by atoms with Gasteiger partial charge in [-0.25, -0.2) is 8.42 Å². The van der Waals surface area contributed by atoms with E-state index in [0.29, 0.717) is 17.7 Å². The van der Waals surface area contributed by atoms with Crippen molar-refractivity contribution in [1.82, 2.24) is 9.80 Å². The SMILES string of the molecule is Cc1ccccc1CN1CCCN(C(=O)c2cccc(CS(C)(=O)=O)c2)CC1. The Morgan fingerprint density at radius 1 is 1.00 bits per heavy atom. The lowest BCUT2D eigenvalue weighted by molar-refractivity contribution is 0.0761. The Kier molecular flexibility index (Phi) is 6.52. The van der Waals surface area contributed by atoms with Crippen LogP contribution in [-0.2, 0) is 22.1 Å². The number of nitrogens with zero attached hydrogens (tertiary/aromatic N) is 2. The largest absolute Gasteiger partial charge is 0.337 e. The maximum absolute atomic E-state index is 12.9. The van der Waals surface area contributed by atoms with Crippen LogP contribution >= 0.6 is 0 Å². The molecule has 1 aliphatic rings. The minimum Gasteiger partial charge on any atom is -0.337 e. The fourth-order valence-electron chi connectivity index (χ4n) is 3.64. The van der Waals surface area contributed by atoms with Crippen molar-refractivity contribution >= 4 is 15.7 Å². The molecule has 0 aromatic heterocycles. The molecule has 5 nitrogen and oxygen atoms in total. The van der Waals surface area contributed by atoms with Crippen molar-refractivity contribution in [2.75, 3.05) is 32.4 Å². The van der Waals surface area contributed by atoms with E-state index >= 15 is 0 Å². The summed E-state index contributed by atoms with van der Waals surface area (Å²) < 4.78 is 23.1. The molecule has 0 atom stereocenters. The van der Waals surface area contributed by atoms with Crippen molar-refractivity contribution in [3.63, 3.8) is 0 Å². The molecule has 28 heavy (non-hydrogen) atoms. The van der Waals surface area contributed by atoms with Crippen LogP contribution in [0.4, 0.5) is 0 Å². The van der Waals surface area contributed by atoms with Gasteiger partial charge in [-0.3, -0.25) is 9.69 Å². The average molecular weight is 401 g/mol. The summed E-state index contributed by atoms with van der Waals surface area (Å²) in [5.41, 5.74) is 3.84. The number of benzene rings is 2. The molecule has 0 aliphatic carbocycles. The lowest BCUT2D eigenvalue weighted by atomic mass is 10.1. The van der Waals surface area contributed by atoms with Gasteiger partial charge in [0.15, 0.2) is 9.84 Å². The lowest BCUT2D eigenvalue weighted by Gasteiger charge is -2.23. The van der Waals surface area contributed by atoms with Crippen molar-refractivity contribution in [1.29, 1.82) is 0 Å². The van der Waals surface area contributed by atoms with Gasteiger partial charge in [0.25, 0.3) is 5.91 Å². The predicted octanol–water partition coefficient (Wildman–Crippen LogP) is 2.89. The second kappa shape index (κ2) is 8.88. The van der Waals surface area contributed by atoms with Gasteiger partial charge in [-0.1, -0.05) is 36.4 Å². The van der Waals surface area contributed by atoms with E-state index in [1.165, 1.54) is 17.4 Å². The van der Waals surface area contributed by atoms with E-state index in [1.807, 2.05) is 4.90 Å². The molecule has 0 bridgehead atoms. The Bertz CT molecular complexity index is 940. The van der Waals surface area contributed by atoms with E-state index in [0.717, 1.165) is 32.6 Å². The first-order valence-corrected chi connectivity index (χ1v) is 11.7. The molecule has 0 radical (unpaired) electrons. The monoisotopic (exact) mass is 400 g/mol. The van der Waals surface area contributed by atoms with Gasteiger partial charge in [-0.2, -0.15) is 0 Å². The fourth-order valence-corrected chi connectivity index (χ4v) is 4.43. The zero-order valence-corrected chi connectivity index (χ0v) is 17.4. The van der Waals surface area contributed by atoms with Gasteiger partial charge >= 0.3 is 0 Å². The van der Waals surface area contributed by atoms with Crippen LogP contribution in [0.3, 0.4) is 0 Å². The normalized spacial score (nSPS) is 16.0. The summed E-state index contributed by atoms with van der Waals surface area (Å²) in [5.74, 6) is -0.0636. The predicted molar refractivity (Wildman–Crippen MR) is 112 cm³/mol. The molecule has 0 unspecified atom stereocenters. The van der Waals surface area contributed by atoms with Gasteiger partial charge in [0.2, 0.25) is 0 Å². The number of sulfone groups is 1. The Morgan fingerprint density at radius 3 is 2.54 bits per heavy atom. The summed E-state index contributed by atoms with van der Waals surface area (Å²) in [7, 11) is -3.12. The third-order valence-corrected chi connectivity index (χ3v) is 5.99. The molecule has 2 aromatic rings. The van der Waals surface area contributed by atoms with Gasteiger partial charge in [0.1, 0.15) is 0 Å². The smallest absolute Gasteiger partial charge is 0.253 e. The van der Waals surface area contributed by atoms with Gasteiger partial charge in [-0.05, 0) is 42.2 Å². The number of rotatable bonds is 5. The molecular weight excluding hydrogens is 372 g/mol. The molecule has 6 heteroatoms. The van der Waals surface area contributed by atoms with Crippen molar-refractivity contribution in [3.8, 4) is 0 Å². The summed E-state index contributed by atoms with van der Waals surface area (Å²) in [6, 6.07) is 15.4. The van der Waals surface area contributed by atoms with Crippen LogP contribution < -0.4 is 0 Å².